The predicted molar refractivity (Wildman–Crippen MR) is 82.1 cm³/mol. The van der Waals surface area contributed by atoms with Crippen LogP contribution >= 0.6 is 11.3 Å². The van der Waals surface area contributed by atoms with Gasteiger partial charge in [0.05, 0.1) is 13.2 Å². The van der Waals surface area contributed by atoms with Crippen LogP contribution in [0, 0.1) is 11.8 Å². The molecular formula is C16H22N2O2S. The van der Waals surface area contributed by atoms with Crippen LogP contribution in [0.1, 0.15) is 24.1 Å². The molecule has 4 rings (SSSR count). The largest absolute Gasteiger partial charge is 0.379 e. The summed E-state index contributed by atoms with van der Waals surface area (Å²) in [6, 6.07) is 5.03. The van der Waals surface area contributed by atoms with Crippen molar-refractivity contribution in [2.24, 2.45) is 11.8 Å². The summed E-state index contributed by atoms with van der Waals surface area (Å²) in [7, 11) is 0. The van der Waals surface area contributed by atoms with Crippen LogP contribution in [0.25, 0.3) is 0 Å². The van der Waals surface area contributed by atoms with Crippen molar-refractivity contribution in [2.75, 3.05) is 19.8 Å². The molecule has 5 heteroatoms. The number of rotatable bonds is 5. The predicted octanol–water partition coefficient (Wildman–Crippen LogP) is 1.86. The lowest BCUT2D eigenvalue weighted by Gasteiger charge is -2.21. The SMILES string of the molecule is O=C(CC1CC1)N[C@@H]1CN(Cc2cccs2)[C@@H]2COC[C@@H]21. The fraction of sp³-hybridized carbons (Fsp3) is 0.688. The number of nitrogens with one attached hydrogen (secondary N) is 1. The number of carbonyl (C=O) groups excluding carboxylic acids is 1. The number of carbonyl (C=O) groups is 1. The van der Waals surface area contributed by atoms with Gasteiger partial charge in [-0.15, -0.1) is 11.3 Å². The van der Waals surface area contributed by atoms with E-state index in [0.29, 0.717) is 17.9 Å². The summed E-state index contributed by atoms with van der Waals surface area (Å²) in [5.41, 5.74) is 0. The van der Waals surface area contributed by atoms with Crippen molar-refractivity contribution in [1.29, 1.82) is 0 Å². The van der Waals surface area contributed by atoms with Crippen molar-refractivity contribution in [3.63, 3.8) is 0 Å². The van der Waals surface area contributed by atoms with Crippen molar-refractivity contribution >= 4 is 17.2 Å². The lowest BCUT2D eigenvalue weighted by Crippen LogP contribution is -2.41. The third kappa shape index (κ3) is 3.00. The molecule has 114 valence electrons. The molecule has 0 spiro atoms. The zero-order chi connectivity index (χ0) is 14.2. The molecule has 4 nitrogen and oxygen atoms in total. The molecule has 3 fully saturated rings. The van der Waals surface area contributed by atoms with Crippen LogP contribution in [0.15, 0.2) is 17.5 Å². The Balaban J connectivity index is 1.39. The Morgan fingerprint density at radius 1 is 1.43 bits per heavy atom. The maximum Gasteiger partial charge on any atom is 0.220 e. The maximum absolute atomic E-state index is 12.1. The molecule has 0 unspecified atom stereocenters. The van der Waals surface area contributed by atoms with E-state index < -0.39 is 0 Å². The lowest BCUT2D eigenvalue weighted by atomic mass is 9.99. The molecule has 0 radical (unpaired) electrons. The standard InChI is InChI=1S/C16H22N2O2S/c19-16(6-11-3-4-11)17-14-8-18(7-12-2-1-5-21-12)15-10-20-9-13(14)15/h1-2,5,11,13-15H,3-4,6-10H2,(H,17,19)/t13-,14-,15-/m1/s1. The van der Waals surface area contributed by atoms with E-state index in [1.54, 1.807) is 11.3 Å². The highest BCUT2D eigenvalue weighted by Gasteiger charge is 2.45. The van der Waals surface area contributed by atoms with Crippen LogP contribution in [0.3, 0.4) is 0 Å². The highest BCUT2D eigenvalue weighted by Crippen LogP contribution is 2.34. The van der Waals surface area contributed by atoms with E-state index in [9.17, 15) is 4.79 Å². The number of ether oxygens (including phenoxy) is 1. The van der Waals surface area contributed by atoms with Gasteiger partial charge in [-0.05, 0) is 30.2 Å². The van der Waals surface area contributed by atoms with Gasteiger partial charge in [-0.25, -0.2) is 0 Å². The van der Waals surface area contributed by atoms with E-state index in [1.807, 2.05) is 0 Å². The number of amides is 1. The van der Waals surface area contributed by atoms with Gasteiger partial charge in [-0.2, -0.15) is 0 Å². The summed E-state index contributed by atoms with van der Waals surface area (Å²) in [6.07, 6.45) is 3.19. The van der Waals surface area contributed by atoms with Gasteiger partial charge in [0.1, 0.15) is 0 Å². The Kier molecular flexibility index (Phi) is 3.73. The average Bonchev–Trinajstić information content (AvgIpc) is 2.92. The molecule has 1 amide bonds. The van der Waals surface area contributed by atoms with Crippen molar-refractivity contribution in [3.05, 3.63) is 22.4 Å². The highest BCUT2D eigenvalue weighted by atomic mass is 32.1. The zero-order valence-electron chi connectivity index (χ0n) is 12.2. The van der Waals surface area contributed by atoms with Crippen LogP contribution in [-0.2, 0) is 16.1 Å². The van der Waals surface area contributed by atoms with Gasteiger partial charge in [0.25, 0.3) is 0 Å². The molecule has 2 aliphatic heterocycles. The molecule has 1 saturated carbocycles. The van der Waals surface area contributed by atoms with E-state index in [4.69, 9.17) is 4.74 Å². The van der Waals surface area contributed by atoms with Crippen molar-refractivity contribution in [3.8, 4) is 0 Å². The van der Waals surface area contributed by atoms with Gasteiger partial charge in [-0.3, -0.25) is 9.69 Å². The first kappa shape index (κ1) is 13.7. The second kappa shape index (κ2) is 5.71. The molecule has 1 N–H and O–H groups in total. The first-order chi connectivity index (χ1) is 10.3. The fourth-order valence-electron chi connectivity index (χ4n) is 3.63. The highest BCUT2D eigenvalue weighted by molar-refractivity contribution is 7.09. The van der Waals surface area contributed by atoms with Gasteiger partial charge in [0.2, 0.25) is 5.91 Å². The molecule has 1 aliphatic carbocycles. The summed E-state index contributed by atoms with van der Waals surface area (Å²) in [4.78, 5) is 16.0. The first-order valence-electron chi connectivity index (χ1n) is 7.93. The molecule has 3 aliphatic rings. The molecule has 1 aromatic rings. The van der Waals surface area contributed by atoms with Crippen LogP contribution in [0.4, 0.5) is 0 Å². The van der Waals surface area contributed by atoms with Gasteiger partial charge >= 0.3 is 0 Å². The molecule has 2 saturated heterocycles. The molecule has 1 aromatic heterocycles. The number of nitrogens with zero attached hydrogens (tertiary/aromatic N) is 1. The summed E-state index contributed by atoms with van der Waals surface area (Å²) < 4.78 is 5.68. The van der Waals surface area contributed by atoms with Crippen LogP contribution in [-0.4, -0.2) is 42.6 Å². The third-order valence-electron chi connectivity index (χ3n) is 4.97. The number of hydrogen-bond acceptors (Lipinski definition) is 4. The molecule has 21 heavy (non-hydrogen) atoms. The number of thiophene rings is 1. The molecule has 0 bridgehead atoms. The maximum atomic E-state index is 12.1. The fourth-order valence-corrected chi connectivity index (χ4v) is 4.36. The van der Waals surface area contributed by atoms with E-state index in [0.717, 1.165) is 32.7 Å². The Morgan fingerprint density at radius 3 is 3.10 bits per heavy atom. The van der Waals surface area contributed by atoms with Crippen LogP contribution in [0.5, 0.6) is 0 Å². The van der Waals surface area contributed by atoms with Gasteiger partial charge in [0.15, 0.2) is 0 Å². The quantitative estimate of drug-likeness (QED) is 0.903. The number of likely N-dealkylation sites (tertiary alicyclic amines) is 1. The van der Waals surface area contributed by atoms with Crippen LogP contribution < -0.4 is 5.32 Å². The Labute approximate surface area is 129 Å². The van der Waals surface area contributed by atoms with Gasteiger partial charge in [-0.1, -0.05) is 6.07 Å². The summed E-state index contributed by atoms with van der Waals surface area (Å²) >= 11 is 1.81. The second-order valence-corrected chi connectivity index (χ2v) is 7.63. The second-order valence-electron chi connectivity index (χ2n) is 6.60. The smallest absolute Gasteiger partial charge is 0.220 e. The minimum absolute atomic E-state index is 0.242. The van der Waals surface area contributed by atoms with Crippen molar-refractivity contribution in [1.82, 2.24) is 10.2 Å². The van der Waals surface area contributed by atoms with Crippen LogP contribution in [0.2, 0.25) is 0 Å². The lowest BCUT2D eigenvalue weighted by molar-refractivity contribution is -0.122. The minimum atomic E-state index is 0.242. The van der Waals surface area contributed by atoms with E-state index >= 15 is 0 Å². The molecular weight excluding hydrogens is 284 g/mol. The van der Waals surface area contributed by atoms with E-state index in [1.165, 1.54) is 17.7 Å². The van der Waals surface area contributed by atoms with Crippen molar-refractivity contribution < 1.29 is 9.53 Å². The Hall–Kier alpha value is -0.910. The number of fused-ring (bicyclic) bond motifs is 1. The summed E-state index contributed by atoms with van der Waals surface area (Å²) in [6.45, 7) is 3.55. The average molecular weight is 306 g/mol. The molecule has 0 aromatic carbocycles. The van der Waals surface area contributed by atoms with E-state index in [-0.39, 0.29) is 11.9 Å². The van der Waals surface area contributed by atoms with Gasteiger partial charge in [0, 0.05) is 42.4 Å². The number of hydrogen-bond donors (Lipinski definition) is 1. The normalized spacial score (nSPS) is 32.3. The first-order valence-corrected chi connectivity index (χ1v) is 8.81. The monoisotopic (exact) mass is 306 g/mol. The van der Waals surface area contributed by atoms with Gasteiger partial charge < -0.3 is 10.1 Å². The third-order valence-corrected chi connectivity index (χ3v) is 5.83. The molecule has 3 atom stereocenters. The minimum Gasteiger partial charge on any atom is -0.379 e. The van der Waals surface area contributed by atoms with E-state index in [2.05, 4.69) is 27.7 Å². The Morgan fingerprint density at radius 2 is 2.33 bits per heavy atom. The zero-order valence-corrected chi connectivity index (χ0v) is 13.0. The summed E-state index contributed by atoms with van der Waals surface area (Å²) in [5.74, 6) is 1.36. The molecule has 3 heterocycles. The topological polar surface area (TPSA) is 41.6 Å². The Bertz CT molecular complexity index is 500. The van der Waals surface area contributed by atoms with Crippen molar-refractivity contribution in [2.45, 2.75) is 37.9 Å². The summed E-state index contributed by atoms with van der Waals surface area (Å²) in [5, 5.41) is 5.40.